The van der Waals surface area contributed by atoms with E-state index in [9.17, 15) is 29.4 Å². The molecule has 13 heteroatoms. The first kappa shape index (κ1) is 31.9. The molecule has 12 nitrogen and oxygen atoms in total. The molecule has 5 aliphatic rings. The Bertz CT molecular complexity index is 1840. The summed E-state index contributed by atoms with van der Waals surface area (Å²) in [4.78, 5) is 52.0. The van der Waals surface area contributed by atoms with Gasteiger partial charge in [-0.1, -0.05) is 26.5 Å². The number of carboxylic acids is 2. The smallest absolute Gasteiger partial charge is 0.303 e. The molecule has 3 fully saturated rings. The van der Waals surface area contributed by atoms with E-state index in [1.54, 1.807) is 0 Å². The lowest BCUT2D eigenvalue weighted by Gasteiger charge is -2.17. The molecule has 2 amide bonds. The fourth-order valence-electron chi connectivity index (χ4n) is 7.55. The summed E-state index contributed by atoms with van der Waals surface area (Å²) < 4.78 is 6.25. The second-order valence-electron chi connectivity index (χ2n) is 12.8. The first-order chi connectivity index (χ1) is 21.6. The largest absolute Gasteiger partial charge is 0.481 e. The lowest BCUT2D eigenvalue weighted by molar-refractivity contribution is -0.138. The molecule has 6 rings (SSSR count). The highest BCUT2D eigenvalue weighted by atomic mass is 32.1. The Morgan fingerprint density at radius 2 is 1.78 bits per heavy atom. The SMILES string of the molecule is C=CC1=C(C)[C@@H](/C=c2/[nH]/c(=C\[C@@]34NN3/C(=C/[C@@]35NC(=O)[C@H](C)[C@]3([C@H](C)S)O5)C(C)=C4CCC(=O)O)c(CCC(=O)O)c2C)NC1=O. The van der Waals surface area contributed by atoms with Crippen LogP contribution in [0.25, 0.3) is 12.2 Å². The van der Waals surface area contributed by atoms with Crippen LogP contribution in [0.4, 0.5) is 0 Å². The average molecular weight is 650 g/mol. The van der Waals surface area contributed by atoms with E-state index in [0.29, 0.717) is 10.9 Å². The van der Waals surface area contributed by atoms with Crippen LogP contribution in [-0.4, -0.2) is 72.2 Å². The number of fused-ring (bicyclic) bond motifs is 2. The lowest BCUT2D eigenvalue weighted by Crippen LogP contribution is -2.36. The number of carbonyl (C=O) groups is 4. The third-order valence-corrected chi connectivity index (χ3v) is 10.6. The van der Waals surface area contributed by atoms with Gasteiger partial charge in [0.1, 0.15) is 5.60 Å². The van der Waals surface area contributed by atoms with Gasteiger partial charge in [-0.2, -0.15) is 18.1 Å². The van der Waals surface area contributed by atoms with Crippen molar-refractivity contribution in [1.29, 1.82) is 0 Å². The summed E-state index contributed by atoms with van der Waals surface area (Å²) in [5.74, 6) is -2.60. The average Bonchev–Trinajstić information content (AvgIpc) is 3.73. The van der Waals surface area contributed by atoms with E-state index in [1.807, 2.05) is 57.9 Å². The number of nitrogens with one attached hydrogen (secondary N) is 4. The maximum Gasteiger partial charge on any atom is 0.303 e. The molecule has 6 N–H and O–H groups in total. The van der Waals surface area contributed by atoms with E-state index in [4.69, 9.17) is 4.74 Å². The summed E-state index contributed by atoms with van der Waals surface area (Å²) >= 11 is 4.66. The summed E-state index contributed by atoms with van der Waals surface area (Å²) in [6, 6.07) is -0.364. The van der Waals surface area contributed by atoms with Crippen molar-refractivity contribution in [3.8, 4) is 0 Å². The second kappa shape index (κ2) is 10.7. The Labute approximate surface area is 271 Å². The molecule has 0 saturated carbocycles. The number of allylic oxidation sites excluding steroid dienone is 1. The number of thiol groups is 1. The van der Waals surface area contributed by atoms with Gasteiger partial charge in [0, 0.05) is 34.4 Å². The van der Waals surface area contributed by atoms with E-state index in [0.717, 1.165) is 38.9 Å². The number of amides is 2. The molecule has 1 aromatic heterocycles. The van der Waals surface area contributed by atoms with Crippen molar-refractivity contribution in [3.63, 3.8) is 0 Å². The molecule has 0 radical (unpaired) electrons. The number of hydrogen-bond donors (Lipinski definition) is 7. The van der Waals surface area contributed by atoms with Gasteiger partial charge < -0.3 is 30.6 Å². The fourth-order valence-corrected chi connectivity index (χ4v) is 8.02. The minimum absolute atomic E-state index is 0.0869. The Balaban J connectivity index is 1.46. The molecule has 244 valence electrons. The standard InChI is InChI=1S/C33H39N5O7S/c1-7-20-15(2)24(35-30(20)44)12-23-16(3)21(8-10-27(39)40)25(34-23)13-31-22(9-11-28(41)42)17(4)26(38(31)37-31)14-32-33(45-32,19(6)46)18(5)29(43)36-32/h7,12-14,18-19,24,34,37,46H,1,8-11H2,2-6H3,(H,35,44)(H,36,43)(H,39,40)(H,41,42)/b23-12+,25-13-,26-14+/t18-,19-,24+,31+,32-,33+,38?/m0/s1. The molecule has 6 heterocycles. The minimum atomic E-state index is -1.04. The highest BCUT2D eigenvalue weighted by molar-refractivity contribution is 7.81. The zero-order chi connectivity index (χ0) is 33.5. The lowest BCUT2D eigenvalue weighted by atomic mass is 9.87. The molecule has 0 spiro atoms. The number of aromatic nitrogens is 1. The van der Waals surface area contributed by atoms with E-state index in [1.165, 1.54) is 6.08 Å². The molecule has 0 bridgehead atoms. The van der Waals surface area contributed by atoms with Crippen molar-refractivity contribution in [3.05, 3.63) is 68.5 Å². The number of nitrogens with zero attached hydrogens (tertiary/aromatic N) is 1. The number of aliphatic carboxylic acids is 2. The number of H-pyrrole nitrogens is 1. The summed E-state index contributed by atoms with van der Waals surface area (Å²) in [7, 11) is 0. The topological polar surface area (TPSA) is 186 Å². The highest BCUT2D eigenvalue weighted by Gasteiger charge is 2.80. The summed E-state index contributed by atoms with van der Waals surface area (Å²) in [6.45, 7) is 13.2. The zero-order valence-electron chi connectivity index (χ0n) is 26.4. The van der Waals surface area contributed by atoms with Crippen LogP contribution < -0.4 is 26.8 Å². The van der Waals surface area contributed by atoms with Gasteiger partial charge in [0.2, 0.25) is 5.91 Å². The molecule has 0 aliphatic carbocycles. The van der Waals surface area contributed by atoms with Gasteiger partial charge in [-0.15, -0.1) is 0 Å². The maximum atomic E-state index is 12.8. The first-order valence-electron chi connectivity index (χ1n) is 15.3. The number of carbonyl (C=O) groups excluding carboxylic acids is 2. The zero-order valence-corrected chi connectivity index (χ0v) is 27.3. The quantitative estimate of drug-likeness (QED) is 0.136. The van der Waals surface area contributed by atoms with Crippen LogP contribution >= 0.6 is 12.6 Å². The molecular weight excluding hydrogens is 610 g/mol. The summed E-state index contributed by atoms with van der Waals surface area (Å²) in [5.41, 5.74) is 6.19. The normalized spacial score (nSPS) is 33.4. The van der Waals surface area contributed by atoms with Gasteiger partial charge in [-0.3, -0.25) is 24.2 Å². The molecule has 5 aliphatic heterocycles. The molecule has 6 atom stereocenters. The Morgan fingerprint density at radius 3 is 2.39 bits per heavy atom. The molecule has 46 heavy (non-hydrogen) atoms. The van der Waals surface area contributed by atoms with Gasteiger partial charge in [-0.25, -0.2) is 0 Å². The Kier molecular flexibility index (Phi) is 7.45. The van der Waals surface area contributed by atoms with Crippen molar-refractivity contribution in [1.82, 2.24) is 26.1 Å². The number of hydrazine groups is 1. The first-order valence-corrected chi connectivity index (χ1v) is 15.9. The predicted molar refractivity (Wildman–Crippen MR) is 172 cm³/mol. The summed E-state index contributed by atoms with van der Waals surface area (Å²) in [5, 5.41) is 28.2. The van der Waals surface area contributed by atoms with Gasteiger partial charge in [0.25, 0.3) is 5.91 Å². The third-order valence-electron chi connectivity index (χ3n) is 10.2. The van der Waals surface area contributed by atoms with Crippen LogP contribution in [-0.2, 0) is 30.3 Å². The molecule has 0 unspecified atom stereocenters. The number of ether oxygens (including phenoxy) is 1. The Morgan fingerprint density at radius 1 is 1.11 bits per heavy atom. The molecule has 1 aromatic rings. The number of carboxylic acid groups (broad SMARTS) is 2. The third kappa shape index (κ3) is 4.58. The van der Waals surface area contributed by atoms with Crippen molar-refractivity contribution in [2.24, 2.45) is 5.92 Å². The number of aromatic amines is 1. The van der Waals surface area contributed by atoms with Gasteiger partial charge in [0.15, 0.2) is 11.4 Å². The van der Waals surface area contributed by atoms with Crippen molar-refractivity contribution >= 4 is 48.5 Å². The maximum absolute atomic E-state index is 12.8. The second-order valence-corrected chi connectivity index (χ2v) is 13.5. The van der Waals surface area contributed by atoms with Crippen LogP contribution in [0, 0.1) is 12.8 Å². The monoisotopic (exact) mass is 649 g/mol. The van der Waals surface area contributed by atoms with Gasteiger partial charge >= 0.3 is 11.9 Å². The van der Waals surface area contributed by atoms with E-state index in [2.05, 4.69) is 40.3 Å². The van der Waals surface area contributed by atoms with Crippen molar-refractivity contribution in [2.45, 2.75) is 88.6 Å². The van der Waals surface area contributed by atoms with Crippen molar-refractivity contribution < 1.29 is 34.1 Å². The van der Waals surface area contributed by atoms with Crippen LogP contribution in [0.5, 0.6) is 0 Å². The van der Waals surface area contributed by atoms with E-state index < -0.39 is 34.8 Å². The molecule has 3 saturated heterocycles. The fraction of sp³-hybridized carbons (Fsp3) is 0.455. The molecule has 0 aromatic carbocycles. The van der Waals surface area contributed by atoms with Crippen LogP contribution in [0.1, 0.15) is 58.1 Å². The minimum Gasteiger partial charge on any atom is -0.481 e. The van der Waals surface area contributed by atoms with Crippen LogP contribution in [0.3, 0.4) is 0 Å². The summed E-state index contributed by atoms with van der Waals surface area (Å²) in [6.07, 6.45) is 7.65. The highest BCUT2D eigenvalue weighted by Crippen LogP contribution is 2.62. The van der Waals surface area contributed by atoms with Crippen LogP contribution in [0.15, 0.2) is 46.7 Å². The Hall–Kier alpha value is -4.07. The van der Waals surface area contributed by atoms with Crippen molar-refractivity contribution in [2.75, 3.05) is 0 Å². The predicted octanol–water partition coefficient (Wildman–Crippen LogP) is 1.05. The van der Waals surface area contributed by atoms with E-state index in [-0.39, 0.29) is 48.8 Å². The van der Waals surface area contributed by atoms with E-state index >= 15 is 0 Å². The van der Waals surface area contributed by atoms with Crippen LogP contribution in [0.2, 0.25) is 0 Å². The van der Waals surface area contributed by atoms with Gasteiger partial charge in [0.05, 0.1) is 17.7 Å². The van der Waals surface area contributed by atoms with Gasteiger partial charge in [-0.05, 0) is 79.7 Å². The number of rotatable bonds is 11. The molecular formula is C33H39N5O7S. The number of epoxide rings is 1. The number of hydrogen-bond acceptors (Lipinski definition) is 8.